The maximum atomic E-state index is 13.7. The molecule has 0 aliphatic heterocycles. The van der Waals surface area contributed by atoms with Gasteiger partial charge in [0.2, 0.25) is 0 Å². The third kappa shape index (κ3) is 3.58. The molecule has 0 N–H and O–H groups in total. The van der Waals surface area contributed by atoms with E-state index < -0.39 is 5.41 Å². The quantitative estimate of drug-likeness (QED) is 0.398. The second kappa shape index (κ2) is 7.98. The van der Waals surface area contributed by atoms with Gasteiger partial charge in [-0.15, -0.1) is 0 Å². The van der Waals surface area contributed by atoms with Gasteiger partial charge in [0.25, 0.3) is 0 Å². The first kappa shape index (κ1) is 18.4. The molecule has 0 atom stereocenters. The predicted octanol–water partition coefficient (Wildman–Crippen LogP) is 5.35. The second-order valence-corrected chi connectivity index (χ2v) is 7.34. The molecule has 4 rings (SSSR count). The standard InChI is InChI=1S/C23H17BrFN3/c24-22-7-1-6-21(28-22)14-23(18-4-2-12-26-15-18,19-5-3-13-27-16-19)17-8-10-20(25)11-9-17/h1-13,15-16H,14H2. The van der Waals surface area contributed by atoms with Crippen molar-refractivity contribution in [1.29, 1.82) is 0 Å². The van der Waals surface area contributed by atoms with E-state index in [4.69, 9.17) is 0 Å². The van der Waals surface area contributed by atoms with Crippen LogP contribution in [0.15, 0.2) is 96.1 Å². The summed E-state index contributed by atoms with van der Waals surface area (Å²) >= 11 is 3.46. The summed E-state index contributed by atoms with van der Waals surface area (Å²) in [6, 6.07) is 20.4. The van der Waals surface area contributed by atoms with Crippen LogP contribution in [0.25, 0.3) is 0 Å². The maximum Gasteiger partial charge on any atom is 0.123 e. The molecule has 0 unspecified atom stereocenters. The Balaban J connectivity index is 2.00. The van der Waals surface area contributed by atoms with Gasteiger partial charge >= 0.3 is 0 Å². The van der Waals surface area contributed by atoms with Crippen molar-refractivity contribution in [1.82, 2.24) is 15.0 Å². The van der Waals surface area contributed by atoms with E-state index in [9.17, 15) is 4.39 Å². The zero-order valence-corrected chi connectivity index (χ0v) is 16.6. The van der Waals surface area contributed by atoms with Crippen molar-refractivity contribution in [2.24, 2.45) is 0 Å². The molecule has 4 aromatic rings. The van der Waals surface area contributed by atoms with Crippen LogP contribution in [-0.4, -0.2) is 15.0 Å². The largest absolute Gasteiger partial charge is 0.264 e. The van der Waals surface area contributed by atoms with Gasteiger partial charge in [0, 0.05) is 36.9 Å². The van der Waals surface area contributed by atoms with Gasteiger partial charge in [-0.05, 0) is 69.0 Å². The fourth-order valence-electron chi connectivity index (χ4n) is 3.59. The predicted molar refractivity (Wildman–Crippen MR) is 110 cm³/mol. The molecule has 0 aliphatic carbocycles. The molecule has 138 valence electrons. The van der Waals surface area contributed by atoms with Crippen molar-refractivity contribution in [2.75, 3.05) is 0 Å². The Hall–Kier alpha value is -2.92. The highest BCUT2D eigenvalue weighted by atomic mass is 79.9. The SMILES string of the molecule is Fc1ccc(C(Cc2cccc(Br)n2)(c2cccnc2)c2cccnc2)cc1. The van der Waals surface area contributed by atoms with Gasteiger partial charge in [0.15, 0.2) is 0 Å². The number of halogens is 2. The van der Waals surface area contributed by atoms with Gasteiger partial charge in [-0.25, -0.2) is 9.37 Å². The fraction of sp³-hybridized carbons (Fsp3) is 0.0870. The lowest BCUT2D eigenvalue weighted by Crippen LogP contribution is -2.33. The molecule has 0 spiro atoms. The van der Waals surface area contributed by atoms with Crippen LogP contribution < -0.4 is 0 Å². The fourth-order valence-corrected chi connectivity index (χ4v) is 3.97. The van der Waals surface area contributed by atoms with Gasteiger partial charge in [0.05, 0.1) is 5.41 Å². The van der Waals surface area contributed by atoms with Gasteiger partial charge in [0.1, 0.15) is 10.4 Å². The van der Waals surface area contributed by atoms with Crippen molar-refractivity contribution in [2.45, 2.75) is 11.8 Å². The van der Waals surface area contributed by atoms with E-state index in [0.29, 0.717) is 6.42 Å². The Kier molecular flexibility index (Phi) is 5.26. The molecular formula is C23H17BrFN3. The van der Waals surface area contributed by atoms with Crippen LogP contribution >= 0.6 is 15.9 Å². The Morgan fingerprint density at radius 3 is 1.93 bits per heavy atom. The van der Waals surface area contributed by atoms with E-state index in [1.165, 1.54) is 12.1 Å². The van der Waals surface area contributed by atoms with Crippen LogP contribution in [0.1, 0.15) is 22.4 Å². The first-order chi connectivity index (χ1) is 13.7. The average molecular weight is 434 g/mol. The van der Waals surface area contributed by atoms with E-state index in [1.807, 2.05) is 67.0 Å². The summed E-state index contributed by atoms with van der Waals surface area (Å²) in [6.45, 7) is 0. The molecule has 28 heavy (non-hydrogen) atoms. The van der Waals surface area contributed by atoms with Crippen molar-refractivity contribution in [3.05, 3.63) is 124 Å². The van der Waals surface area contributed by atoms with E-state index in [-0.39, 0.29) is 5.82 Å². The van der Waals surface area contributed by atoms with Crippen LogP contribution in [0.2, 0.25) is 0 Å². The Morgan fingerprint density at radius 2 is 1.39 bits per heavy atom. The van der Waals surface area contributed by atoms with Gasteiger partial charge < -0.3 is 0 Å². The molecule has 0 saturated carbocycles. The van der Waals surface area contributed by atoms with E-state index in [0.717, 1.165) is 27.0 Å². The van der Waals surface area contributed by atoms with Crippen LogP contribution in [0.3, 0.4) is 0 Å². The minimum atomic E-state index is -0.607. The third-order valence-corrected chi connectivity index (χ3v) is 5.31. The molecule has 3 nitrogen and oxygen atoms in total. The number of aromatic nitrogens is 3. The molecule has 3 aromatic heterocycles. The minimum Gasteiger partial charge on any atom is -0.264 e. The normalized spacial score (nSPS) is 11.4. The van der Waals surface area contributed by atoms with Crippen molar-refractivity contribution < 1.29 is 4.39 Å². The molecule has 0 radical (unpaired) electrons. The molecule has 5 heteroatoms. The molecule has 0 saturated heterocycles. The van der Waals surface area contributed by atoms with Gasteiger partial charge in [-0.3, -0.25) is 9.97 Å². The summed E-state index contributed by atoms with van der Waals surface area (Å²) < 4.78 is 14.5. The summed E-state index contributed by atoms with van der Waals surface area (Å²) in [5.41, 5.74) is 3.25. The molecule has 0 fully saturated rings. The summed E-state index contributed by atoms with van der Waals surface area (Å²) in [4.78, 5) is 13.4. The van der Waals surface area contributed by atoms with Crippen molar-refractivity contribution in [3.63, 3.8) is 0 Å². The Morgan fingerprint density at radius 1 is 0.750 bits per heavy atom. The maximum absolute atomic E-state index is 13.7. The number of benzene rings is 1. The lowest BCUT2D eigenvalue weighted by molar-refractivity contribution is 0.589. The zero-order valence-electron chi connectivity index (χ0n) is 15.0. The van der Waals surface area contributed by atoms with Crippen molar-refractivity contribution >= 4 is 15.9 Å². The van der Waals surface area contributed by atoms with E-state index in [1.54, 1.807) is 12.4 Å². The van der Waals surface area contributed by atoms with Crippen LogP contribution in [-0.2, 0) is 11.8 Å². The topological polar surface area (TPSA) is 38.7 Å². The molecule has 0 amide bonds. The zero-order chi connectivity index (χ0) is 19.4. The number of pyridine rings is 3. The monoisotopic (exact) mass is 433 g/mol. The second-order valence-electron chi connectivity index (χ2n) is 6.52. The highest BCUT2D eigenvalue weighted by molar-refractivity contribution is 9.10. The van der Waals surface area contributed by atoms with Crippen LogP contribution in [0.4, 0.5) is 4.39 Å². The first-order valence-electron chi connectivity index (χ1n) is 8.87. The molecule has 0 aliphatic rings. The summed E-state index contributed by atoms with van der Waals surface area (Å²) in [6.07, 6.45) is 7.79. The summed E-state index contributed by atoms with van der Waals surface area (Å²) in [5.74, 6) is -0.268. The smallest absolute Gasteiger partial charge is 0.123 e. The third-order valence-electron chi connectivity index (χ3n) is 4.86. The molecule has 3 heterocycles. The van der Waals surface area contributed by atoms with Gasteiger partial charge in [-0.2, -0.15) is 0 Å². The average Bonchev–Trinajstić information content (AvgIpc) is 2.74. The molecule has 0 bridgehead atoms. The Labute approximate surface area is 171 Å². The Bertz CT molecular complexity index is 1010. The minimum absolute atomic E-state index is 0.268. The lowest BCUT2D eigenvalue weighted by Gasteiger charge is -2.35. The molecule has 1 aromatic carbocycles. The van der Waals surface area contributed by atoms with Gasteiger partial charge in [-0.1, -0.05) is 30.3 Å². The lowest BCUT2D eigenvalue weighted by atomic mass is 9.67. The number of hydrogen-bond donors (Lipinski definition) is 0. The molecular weight excluding hydrogens is 417 g/mol. The number of nitrogens with zero attached hydrogens (tertiary/aromatic N) is 3. The summed E-state index contributed by atoms with van der Waals surface area (Å²) in [5, 5.41) is 0. The highest BCUT2D eigenvalue weighted by Gasteiger charge is 2.37. The van der Waals surface area contributed by atoms with Crippen molar-refractivity contribution in [3.8, 4) is 0 Å². The van der Waals surface area contributed by atoms with Crippen LogP contribution in [0, 0.1) is 5.82 Å². The highest BCUT2D eigenvalue weighted by Crippen LogP contribution is 2.41. The summed E-state index contributed by atoms with van der Waals surface area (Å²) in [7, 11) is 0. The van der Waals surface area contributed by atoms with E-state index in [2.05, 4.69) is 30.9 Å². The first-order valence-corrected chi connectivity index (χ1v) is 9.66. The van der Waals surface area contributed by atoms with E-state index >= 15 is 0 Å². The number of rotatable bonds is 5. The van der Waals surface area contributed by atoms with Crippen LogP contribution in [0.5, 0.6) is 0 Å². The number of hydrogen-bond acceptors (Lipinski definition) is 3.